The lowest BCUT2D eigenvalue weighted by molar-refractivity contribution is 0.666. The van der Waals surface area contributed by atoms with Crippen LogP contribution < -0.4 is 5.73 Å². The van der Waals surface area contributed by atoms with Crippen LogP contribution >= 0.6 is 0 Å². The summed E-state index contributed by atoms with van der Waals surface area (Å²) in [6.45, 7) is 4.76. The molecule has 9 aromatic carbocycles. The SMILES string of the molecule is CC1(C)c2cc(-c3ccc(-c4ccc(/C(=C/Cc5ccc(-c6cccnc6)cc5)N=C(N)c5ccccc5)c5ccccc45)c4ccccc34)ccc2-c2ccc3ccccc3c21. The number of hydrogen-bond donors (Lipinski definition) is 1. The van der Waals surface area contributed by atoms with Gasteiger partial charge in [0.05, 0.1) is 5.70 Å². The molecule has 1 aliphatic rings. The molecular weight excluding hydrogens is 763 g/mol. The summed E-state index contributed by atoms with van der Waals surface area (Å²) in [5.74, 6) is 0.482. The second-order valence-electron chi connectivity index (χ2n) is 17.1. The monoisotopic (exact) mass is 807 g/mol. The molecule has 63 heavy (non-hydrogen) atoms. The Morgan fingerprint density at radius 3 is 1.87 bits per heavy atom. The third kappa shape index (κ3) is 6.70. The summed E-state index contributed by atoms with van der Waals surface area (Å²) in [7, 11) is 0. The van der Waals surface area contributed by atoms with Crippen LogP contribution in [0.25, 0.3) is 82.5 Å². The molecule has 1 aromatic heterocycles. The van der Waals surface area contributed by atoms with Crippen molar-refractivity contribution >= 4 is 43.9 Å². The van der Waals surface area contributed by atoms with Gasteiger partial charge in [-0.05, 0) is 112 Å². The first-order valence-corrected chi connectivity index (χ1v) is 21.7. The van der Waals surface area contributed by atoms with Crippen molar-refractivity contribution in [3.05, 3.63) is 240 Å². The molecule has 0 radical (unpaired) electrons. The molecule has 300 valence electrons. The van der Waals surface area contributed by atoms with Gasteiger partial charge in [-0.15, -0.1) is 0 Å². The van der Waals surface area contributed by atoms with Gasteiger partial charge in [-0.3, -0.25) is 4.98 Å². The number of nitrogens with zero attached hydrogens (tertiary/aromatic N) is 2. The quantitative estimate of drug-likeness (QED) is 0.123. The highest BCUT2D eigenvalue weighted by molar-refractivity contribution is 6.12. The third-order valence-corrected chi connectivity index (χ3v) is 13.1. The van der Waals surface area contributed by atoms with Gasteiger partial charge in [0.15, 0.2) is 0 Å². The number of amidine groups is 1. The summed E-state index contributed by atoms with van der Waals surface area (Å²) in [5, 5.41) is 7.37. The number of benzene rings is 9. The predicted octanol–water partition coefficient (Wildman–Crippen LogP) is 14.8. The molecular formula is C60H45N3. The number of allylic oxidation sites excluding steroid dienone is 1. The molecule has 2 N–H and O–H groups in total. The van der Waals surface area contributed by atoms with Gasteiger partial charge in [0.1, 0.15) is 5.84 Å². The standard InChI is InChI=1S/C60H45N3/c1-60(2)56-37-43(28-29-53(56)55-30-27-41-13-6-7-17-46(41)58(55)60)45-31-32-51(48-19-9-8-18-47(45)48)52-33-34-54(50-21-11-10-20-49(50)52)57(63-59(61)42-14-4-3-5-15-42)35-24-39-22-25-40(26-23-39)44-16-12-36-62-38-44/h3-23,25-38H,24H2,1-2H3,(H2,61,63)/b57-35-. The number of nitrogens with two attached hydrogens (primary N) is 1. The van der Waals surface area contributed by atoms with Crippen molar-refractivity contribution in [1.82, 2.24) is 4.98 Å². The summed E-state index contributed by atoms with van der Waals surface area (Å²) < 4.78 is 0. The molecule has 0 spiro atoms. The molecule has 0 bridgehead atoms. The molecule has 0 fully saturated rings. The van der Waals surface area contributed by atoms with Gasteiger partial charge in [-0.1, -0.05) is 202 Å². The Morgan fingerprint density at radius 1 is 0.524 bits per heavy atom. The Hall–Kier alpha value is -7.88. The van der Waals surface area contributed by atoms with Gasteiger partial charge in [0, 0.05) is 28.9 Å². The van der Waals surface area contributed by atoms with Crippen LogP contribution in [-0.2, 0) is 11.8 Å². The van der Waals surface area contributed by atoms with Crippen molar-refractivity contribution in [2.45, 2.75) is 25.7 Å². The summed E-state index contributed by atoms with van der Waals surface area (Å²) in [4.78, 5) is 9.46. The molecule has 0 aliphatic heterocycles. The van der Waals surface area contributed by atoms with Crippen LogP contribution in [0.2, 0.25) is 0 Å². The minimum Gasteiger partial charge on any atom is -0.383 e. The van der Waals surface area contributed by atoms with E-state index < -0.39 is 0 Å². The minimum absolute atomic E-state index is 0.133. The lowest BCUT2D eigenvalue weighted by Gasteiger charge is -2.24. The third-order valence-electron chi connectivity index (χ3n) is 13.1. The highest BCUT2D eigenvalue weighted by Gasteiger charge is 2.37. The van der Waals surface area contributed by atoms with E-state index >= 15 is 0 Å². The summed E-state index contributed by atoms with van der Waals surface area (Å²) in [6, 6.07) is 69.9. The van der Waals surface area contributed by atoms with Gasteiger partial charge in [0.25, 0.3) is 0 Å². The lowest BCUT2D eigenvalue weighted by atomic mass is 9.79. The van der Waals surface area contributed by atoms with Crippen molar-refractivity contribution in [3.63, 3.8) is 0 Å². The predicted molar refractivity (Wildman–Crippen MR) is 266 cm³/mol. The smallest absolute Gasteiger partial charge is 0.131 e. The maximum atomic E-state index is 6.77. The van der Waals surface area contributed by atoms with Gasteiger partial charge >= 0.3 is 0 Å². The van der Waals surface area contributed by atoms with Gasteiger partial charge in [-0.2, -0.15) is 0 Å². The van der Waals surface area contributed by atoms with E-state index in [9.17, 15) is 0 Å². The highest BCUT2D eigenvalue weighted by atomic mass is 14.9. The van der Waals surface area contributed by atoms with Crippen LogP contribution in [0.5, 0.6) is 0 Å². The fourth-order valence-corrected chi connectivity index (χ4v) is 9.91. The molecule has 0 amide bonds. The zero-order valence-electron chi connectivity index (χ0n) is 35.4. The van der Waals surface area contributed by atoms with E-state index in [1.165, 1.54) is 71.6 Å². The van der Waals surface area contributed by atoms with Crippen molar-refractivity contribution < 1.29 is 0 Å². The Balaban J connectivity index is 0.998. The van der Waals surface area contributed by atoms with Gasteiger partial charge < -0.3 is 5.73 Å². The van der Waals surface area contributed by atoms with E-state index in [-0.39, 0.29) is 5.41 Å². The van der Waals surface area contributed by atoms with Crippen molar-refractivity contribution in [2.24, 2.45) is 10.7 Å². The topological polar surface area (TPSA) is 51.3 Å². The maximum absolute atomic E-state index is 6.77. The van der Waals surface area contributed by atoms with Gasteiger partial charge in [-0.25, -0.2) is 4.99 Å². The Bertz CT molecular complexity index is 3430. The first-order chi connectivity index (χ1) is 30.9. The van der Waals surface area contributed by atoms with Crippen molar-refractivity contribution in [1.29, 1.82) is 0 Å². The number of aromatic nitrogens is 1. The number of pyridine rings is 1. The molecule has 3 heteroatoms. The lowest BCUT2D eigenvalue weighted by Crippen LogP contribution is -2.15. The number of fused-ring (bicyclic) bond motifs is 7. The van der Waals surface area contributed by atoms with Crippen LogP contribution in [0.1, 0.15) is 41.7 Å². The van der Waals surface area contributed by atoms with E-state index in [2.05, 4.69) is 183 Å². The number of rotatable bonds is 8. The fourth-order valence-electron chi connectivity index (χ4n) is 9.91. The van der Waals surface area contributed by atoms with Crippen molar-refractivity contribution in [2.75, 3.05) is 0 Å². The summed E-state index contributed by atoms with van der Waals surface area (Å²) in [5.41, 5.74) is 23.1. The van der Waals surface area contributed by atoms with Crippen molar-refractivity contribution in [3.8, 4) is 44.5 Å². The minimum atomic E-state index is -0.133. The average molecular weight is 808 g/mol. The second kappa shape index (κ2) is 15.5. The molecule has 1 heterocycles. The van der Waals surface area contributed by atoms with E-state index in [0.717, 1.165) is 38.7 Å². The summed E-state index contributed by atoms with van der Waals surface area (Å²) >= 11 is 0. The van der Waals surface area contributed by atoms with Crippen LogP contribution in [-0.4, -0.2) is 10.8 Å². The molecule has 10 aromatic rings. The zero-order chi connectivity index (χ0) is 42.5. The van der Waals surface area contributed by atoms with Crippen LogP contribution in [0, 0.1) is 0 Å². The largest absolute Gasteiger partial charge is 0.383 e. The Labute approximate surface area is 368 Å². The molecule has 1 aliphatic carbocycles. The Kier molecular flexibility index (Phi) is 9.39. The second-order valence-corrected chi connectivity index (χ2v) is 17.1. The average Bonchev–Trinajstić information content (AvgIpc) is 3.58. The first-order valence-electron chi connectivity index (χ1n) is 21.7. The molecule has 3 nitrogen and oxygen atoms in total. The summed E-state index contributed by atoms with van der Waals surface area (Å²) in [6.07, 6.45) is 6.60. The van der Waals surface area contributed by atoms with Crippen LogP contribution in [0.3, 0.4) is 0 Å². The van der Waals surface area contributed by atoms with Crippen LogP contribution in [0.4, 0.5) is 0 Å². The zero-order valence-corrected chi connectivity index (χ0v) is 35.4. The number of aliphatic imine (C=N–C) groups is 1. The molecule has 0 unspecified atom stereocenters. The molecule has 0 saturated carbocycles. The van der Waals surface area contributed by atoms with E-state index in [4.69, 9.17) is 10.7 Å². The van der Waals surface area contributed by atoms with E-state index in [1.807, 2.05) is 42.6 Å². The molecule has 11 rings (SSSR count). The van der Waals surface area contributed by atoms with Gasteiger partial charge in [0.2, 0.25) is 0 Å². The maximum Gasteiger partial charge on any atom is 0.131 e. The van der Waals surface area contributed by atoms with E-state index in [1.54, 1.807) is 6.20 Å². The van der Waals surface area contributed by atoms with E-state index in [0.29, 0.717) is 12.3 Å². The highest BCUT2D eigenvalue weighted by Crippen LogP contribution is 2.52. The normalized spacial score (nSPS) is 13.4. The molecule has 0 saturated heterocycles. The number of hydrogen-bond acceptors (Lipinski definition) is 2. The van der Waals surface area contributed by atoms with Crippen LogP contribution in [0.15, 0.2) is 218 Å². The fraction of sp³-hybridized carbons (Fsp3) is 0.0667. The molecule has 0 atom stereocenters. The Morgan fingerprint density at radius 2 is 1.13 bits per heavy atom. The first kappa shape index (κ1) is 38.1.